The molecule has 4 rings (SSSR count). The van der Waals surface area contributed by atoms with Crippen LogP contribution in [0.1, 0.15) is 53.6 Å². The van der Waals surface area contributed by atoms with Crippen molar-refractivity contribution >= 4 is 17.8 Å². The van der Waals surface area contributed by atoms with Gasteiger partial charge in [0.1, 0.15) is 23.0 Å². The Labute approximate surface area is 181 Å². The Morgan fingerprint density at radius 2 is 1.77 bits per heavy atom. The number of methoxy groups -OCH3 is 2. The highest BCUT2D eigenvalue weighted by Gasteiger charge is 2.31. The smallest absolute Gasteiger partial charge is 0.314 e. The van der Waals surface area contributed by atoms with Gasteiger partial charge >= 0.3 is 5.97 Å². The lowest BCUT2D eigenvalue weighted by molar-refractivity contribution is -0.140. The van der Waals surface area contributed by atoms with Crippen molar-refractivity contribution in [3.05, 3.63) is 52.8 Å². The van der Waals surface area contributed by atoms with Crippen molar-refractivity contribution in [2.45, 2.75) is 39.0 Å². The summed E-state index contributed by atoms with van der Waals surface area (Å²) in [6.07, 6.45) is 6.66. The minimum absolute atomic E-state index is 0.0556. The van der Waals surface area contributed by atoms with Crippen molar-refractivity contribution in [1.82, 2.24) is 0 Å². The first-order valence-electron chi connectivity index (χ1n) is 10.5. The van der Waals surface area contributed by atoms with Crippen molar-refractivity contribution in [3.8, 4) is 23.0 Å². The van der Waals surface area contributed by atoms with Crippen molar-refractivity contribution in [3.63, 3.8) is 0 Å². The molecule has 2 aromatic rings. The number of fused-ring (bicyclic) bond motifs is 1. The van der Waals surface area contributed by atoms with Crippen LogP contribution in [0.3, 0.4) is 0 Å². The van der Waals surface area contributed by atoms with E-state index in [9.17, 15) is 9.59 Å². The van der Waals surface area contributed by atoms with Gasteiger partial charge in [0.2, 0.25) is 5.78 Å². The minimum atomic E-state index is -0.229. The molecule has 2 aromatic carbocycles. The molecule has 6 nitrogen and oxygen atoms in total. The van der Waals surface area contributed by atoms with Crippen LogP contribution in [0.15, 0.2) is 36.1 Å². The maximum Gasteiger partial charge on any atom is 0.314 e. The Balaban J connectivity index is 1.60. The number of hydrogen-bond donors (Lipinski definition) is 0. The number of Topliss-reactive ketones (excluding diaryl/α,β-unsaturated/α-hetero) is 1. The van der Waals surface area contributed by atoms with Crippen LogP contribution in [0, 0.1) is 12.8 Å². The van der Waals surface area contributed by atoms with Crippen LogP contribution in [-0.4, -0.2) is 26.0 Å². The normalized spacial score (nSPS) is 17.3. The average Bonchev–Trinajstić information content (AvgIpc) is 3.12. The molecule has 0 radical (unpaired) electrons. The molecule has 0 N–H and O–H groups in total. The molecule has 1 aliphatic carbocycles. The first-order chi connectivity index (χ1) is 15.0. The fraction of sp³-hybridized carbons (Fsp3) is 0.360. The minimum Gasteiger partial charge on any atom is -0.497 e. The molecule has 0 amide bonds. The summed E-state index contributed by atoms with van der Waals surface area (Å²) in [5.41, 5.74) is 1.75. The number of ether oxygens (including phenoxy) is 4. The van der Waals surface area contributed by atoms with Crippen LogP contribution in [0.25, 0.3) is 6.08 Å². The third-order valence-electron chi connectivity index (χ3n) is 5.91. The first kappa shape index (κ1) is 21.0. The lowest BCUT2D eigenvalue weighted by atomic mass is 9.89. The number of carbonyl (C=O) groups excluding carboxylic acids is 2. The lowest BCUT2D eigenvalue weighted by Crippen LogP contribution is -2.23. The molecule has 0 spiro atoms. The quantitative estimate of drug-likeness (QED) is 0.379. The fourth-order valence-electron chi connectivity index (χ4n) is 4.10. The molecular weight excluding hydrogens is 396 g/mol. The van der Waals surface area contributed by atoms with E-state index in [2.05, 4.69) is 0 Å². The average molecular weight is 422 g/mol. The van der Waals surface area contributed by atoms with Crippen LogP contribution >= 0.6 is 0 Å². The van der Waals surface area contributed by atoms with Gasteiger partial charge in [0.15, 0.2) is 5.76 Å². The molecular formula is C25H26O6. The summed E-state index contributed by atoms with van der Waals surface area (Å²) in [5, 5.41) is 0. The van der Waals surface area contributed by atoms with Crippen LogP contribution in [-0.2, 0) is 4.79 Å². The van der Waals surface area contributed by atoms with Gasteiger partial charge in [-0.05, 0) is 56.2 Å². The van der Waals surface area contributed by atoms with Gasteiger partial charge in [-0.3, -0.25) is 9.59 Å². The molecule has 1 aliphatic heterocycles. The Morgan fingerprint density at radius 1 is 1.03 bits per heavy atom. The van der Waals surface area contributed by atoms with E-state index in [-0.39, 0.29) is 23.4 Å². The maximum atomic E-state index is 12.9. The van der Waals surface area contributed by atoms with E-state index in [4.69, 9.17) is 18.9 Å². The summed E-state index contributed by atoms with van der Waals surface area (Å²) in [7, 11) is 3.14. The molecule has 0 bridgehead atoms. The summed E-state index contributed by atoms with van der Waals surface area (Å²) < 4.78 is 22.3. The number of benzene rings is 2. The molecule has 0 atom stereocenters. The summed E-state index contributed by atoms with van der Waals surface area (Å²) in [5.74, 6) is 1.79. The van der Waals surface area contributed by atoms with Gasteiger partial charge in [-0.15, -0.1) is 0 Å². The predicted octanol–water partition coefficient (Wildman–Crippen LogP) is 5.11. The van der Waals surface area contributed by atoms with Crippen molar-refractivity contribution in [2.24, 2.45) is 5.92 Å². The zero-order valence-electron chi connectivity index (χ0n) is 18.0. The first-order valence-corrected chi connectivity index (χ1v) is 10.5. The monoisotopic (exact) mass is 422 g/mol. The second-order valence-electron chi connectivity index (χ2n) is 7.87. The van der Waals surface area contributed by atoms with Crippen LogP contribution in [0.5, 0.6) is 23.0 Å². The fourth-order valence-corrected chi connectivity index (χ4v) is 4.10. The summed E-state index contributed by atoms with van der Waals surface area (Å²) in [6, 6.07) is 8.65. The lowest BCUT2D eigenvalue weighted by Gasteiger charge is -2.20. The second kappa shape index (κ2) is 8.84. The standard InChI is InChI=1S/C25H26O6/c1-15-20(31-25(27)16-7-5-4-6-8-16)12-10-19-23(26)22(30-24(15)19)14-17-13-18(28-2)9-11-21(17)29-3/h9-14,16H,4-8H2,1-3H3/b22-14-. The highest BCUT2D eigenvalue weighted by atomic mass is 16.5. The Hall–Kier alpha value is -3.28. The van der Waals surface area contributed by atoms with E-state index in [1.807, 2.05) is 0 Å². The zero-order chi connectivity index (χ0) is 22.0. The largest absolute Gasteiger partial charge is 0.497 e. The molecule has 162 valence electrons. The summed E-state index contributed by atoms with van der Waals surface area (Å²) in [6.45, 7) is 1.80. The summed E-state index contributed by atoms with van der Waals surface area (Å²) >= 11 is 0. The Kier molecular flexibility index (Phi) is 5.98. The molecule has 31 heavy (non-hydrogen) atoms. The number of rotatable bonds is 5. The maximum absolute atomic E-state index is 12.9. The van der Waals surface area contributed by atoms with Crippen molar-refractivity contribution in [1.29, 1.82) is 0 Å². The number of hydrogen-bond acceptors (Lipinski definition) is 6. The van der Waals surface area contributed by atoms with E-state index >= 15 is 0 Å². The van der Waals surface area contributed by atoms with E-state index in [0.717, 1.165) is 25.7 Å². The Morgan fingerprint density at radius 3 is 2.48 bits per heavy atom. The van der Waals surface area contributed by atoms with Crippen LogP contribution in [0.4, 0.5) is 0 Å². The number of esters is 1. The van der Waals surface area contributed by atoms with Crippen LogP contribution < -0.4 is 18.9 Å². The third kappa shape index (κ3) is 4.15. The van der Waals surface area contributed by atoms with Crippen LogP contribution in [0.2, 0.25) is 0 Å². The molecule has 0 saturated heterocycles. The van der Waals surface area contributed by atoms with Gasteiger partial charge in [-0.25, -0.2) is 0 Å². The van der Waals surface area contributed by atoms with Gasteiger partial charge in [0.05, 0.1) is 25.7 Å². The van der Waals surface area contributed by atoms with Crippen molar-refractivity contribution in [2.75, 3.05) is 14.2 Å². The molecule has 1 saturated carbocycles. The van der Waals surface area contributed by atoms with Gasteiger partial charge in [-0.2, -0.15) is 0 Å². The van der Waals surface area contributed by atoms with Gasteiger partial charge < -0.3 is 18.9 Å². The van der Waals surface area contributed by atoms with Crippen molar-refractivity contribution < 1.29 is 28.5 Å². The molecule has 1 fully saturated rings. The van der Waals surface area contributed by atoms with Gasteiger partial charge in [-0.1, -0.05) is 19.3 Å². The predicted molar refractivity (Wildman–Crippen MR) is 116 cm³/mol. The molecule has 2 aliphatic rings. The van der Waals surface area contributed by atoms with Gasteiger partial charge in [0.25, 0.3) is 0 Å². The number of allylic oxidation sites excluding steroid dienone is 1. The topological polar surface area (TPSA) is 71.1 Å². The molecule has 0 unspecified atom stereocenters. The SMILES string of the molecule is COc1ccc(OC)c(/C=C2\Oc3c(ccc(OC(=O)C4CCCCC4)c3C)C2=O)c1. The van der Waals surface area contributed by atoms with E-state index in [0.29, 0.717) is 39.7 Å². The molecule has 1 heterocycles. The third-order valence-corrected chi connectivity index (χ3v) is 5.91. The highest BCUT2D eigenvalue weighted by molar-refractivity contribution is 6.15. The second-order valence-corrected chi connectivity index (χ2v) is 7.87. The highest BCUT2D eigenvalue weighted by Crippen LogP contribution is 2.40. The molecule has 0 aromatic heterocycles. The van der Waals surface area contributed by atoms with Gasteiger partial charge in [0, 0.05) is 11.1 Å². The zero-order valence-corrected chi connectivity index (χ0v) is 18.0. The number of ketones is 1. The van der Waals surface area contributed by atoms with E-state index < -0.39 is 0 Å². The van der Waals surface area contributed by atoms with E-state index in [1.165, 1.54) is 6.42 Å². The van der Waals surface area contributed by atoms with E-state index in [1.54, 1.807) is 57.6 Å². The summed E-state index contributed by atoms with van der Waals surface area (Å²) in [4.78, 5) is 25.5. The molecule has 6 heteroatoms. The Bertz CT molecular complexity index is 1050. The number of carbonyl (C=O) groups is 2.